The number of carbonyl (C=O) groups is 2. The first-order valence-electron chi connectivity index (χ1n) is 5.80. The fourth-order valence-corrected chi connectivity index (χ4v) is 2.39. The molecule has 2 aromatic rings. The van der Waals surface area contributed by atoms with Crippen molar-refractivity contribution in [2.24, 2.45) is 0 Å². The minimum absolute atomic E-state index is 0.137. The van der Waals surface area contributed by atoms with Gasteiger partial charge in [0.15, 0.2) is 5.82 Å². The number of ketones is 1. The number of hydrogen-bond acceptors (Lipinski definition) is 5. The lowest BCUT2D eigenvalue weighted by atomic mass is 10.0. The van der Waals surface area contributed by atoms with Gasteiger partial charge < -0.3 is 4.52 Å². The first-order chi connectivity index (χ1) is 9.08. The Kier molecular flexibility index (Phi) is 2.45. The van der Waals surface area contributed by atoms with Crippen LogP contribution in [0.4, 0.5) is 5.69 Å². The SMILES string of the molecule is Cc1cc(C)c2c(c1)C(=O)C(=O)N2Cc1ncon1. The lowest BCUT2D eigenvalue weighted by molar-refractivity contribution is -0.114. The summed E-state index contributed by atoms with van der Waals surface area (Å²) in [6.45, 7) is 3.91. The zero-order valence-electron chi connectivity index (χ0n) is 10.5. The van der Waals surface area contributed by atoms with Crippen LogP contribution in [0.1, 0.15) is 27.3 Å². The molecule has 0 saturated carbocycles. The van der Waals surface area contributed by atoms with Gasteiger partial charge in [0, 0.05) is 0 Å². The molecule has 0 unspecified atom stereocenters. The lowest BCUT2D eigenvalue weighted by Gasteiger charge is -2.16. The predicted octanol–water partition coefficient (Wildman–Crippen LogP) is 1.42. The Morgan fingerprint density at radius 3 is 2.74 bits per heavy atom. The summed E-state index contributed by atoms with van der Waals surface area (Å²) in [5.74, 6) is -0.659. The first-order valence-corrected chi connectivity index (χ1v) is 5.80. The normalized spacial score (nSPS) is 14.1. The van der Waals surface area contributed by atoms with E-state index in [0.29, 0.717) is 17.1 Å². The zero-order chi connectivity index (χ0) is 13.6. The van der Waals surface area contributed by atoms with E-state index in [-0.39, 0.29) is 6.54 Å². The van der Waals surface area contributed by atoms with Crippen molar-refractivity contribution in [1.82, 2.24) is 10.1 Å². The molecule has 1 amide bonds. The smallest absolute Gasteiger partial charge is 0.299 e. The van der Waals surface area contributed by atoms with Crippen molar-refractivity contribution >= 4 is 17.4 Å². The number of rotatable bonds is 2. The number of Topliss-reactive ketones (excluding diaryl/α,β-unsaturated/α-hetero) is 1. The van der Waals surface area contributed by atoms with Gasteiger partial charge in [-0.1, -0.05) is 11.2 Å². The van der Waals surface area contributed by atoms with Gasteiger partial charge in [-0.25, -0.2) is 0 Å². The molecule has 0 atom stereocenters. The molecule has 1 aliphatic heterocycles. The molecule has 0 saturated heterocycles. The number of carbonyl (C=O) groups excluding carboxylic acids is 2. The zero-order valence-corrected chi connectivity index (χ0v) is 10.5. The van der Waals surface area contributed by atoms with Crippen molar-refractivity contribution in [2.45, 2.75) is 20.4 Å². The molecule has 3 rings (SSSR count). The van der Waals surface area contributed by atoms with Crippen LogP contribution in [0.25, 0.3) is 0 Å². The number of nitrogens with zero attached hydrogens (tertiary/aromatic N) is 3. The van der Waals surface area contributed by atoms with Crippen molar-refractivity contribution in [3.05, 3.63) is 41.0 Å². The molecule has 1 aromatic carbocycles. The molecule has 0 aliphatic carbocycles. The van der Waals surface area contributed by atoms with Crippen LogP contribution in [0.15, 0.2) is 23.0 Å². The Labute approximate surface area is 109 Å². The van der Waals surface area contributed by atoms with E-state index in [1.165, 1.54) is 11.3 Å². The average Bonchev–Trinajstić information content (AvgIpc) is 2.93. The summed E-state index contributed by atoms with van der Waals surface area (Å²) in [7, 11) is 0. The fraction of sp³-hybridized carbons (Fsp3) is 0.231. The van der Waals surface area contributed by atoms with Crippen molar-refractivity contribution in [3.63, 3.8) is 0 Å². The Morgan fingerprint density at radius 1 is 1.26 bits per heavy atom. The lowest BCUT2D eigenvalue weighted by Crippen LogP contribution is -2.29. The summed E-state index contributed by atoms with van der Waals surface area (Å²) in [5, 5.41) is 3.67. The first kappa shape index (κ1) is 11.6. The van der Waals surface area contributed by atoms with Gasteiger partial charge in [-0.3, -0.25) is 14.5 Å². The molecule has 2 heterocycles. The average molecular weight is 257 g/mol. The van der Waals surface area contributed by atoms with Gasteiger partial charge >= 0.3 is 0 Å². The van der Waals surface area contributed by atoms with Gasteiger partial charge in [0.25, 0.3) is 11.7 Å². The number of hydrogen-bond donors (Lipinski definition) is 0. The minimum Gasteiger partial charge on any atom is -0.343 e. The van der Waals surface area contributed by atoms with E-state index in [4.69, 9.17) is 0 Å². The van der Waals surface area contributed by atoms with Gasteiger partial charge in [-0.05, 0) is 31.0 Å². The van der Waals surface area contributed by atoms with Crippen LogP contribution in [-0.4, -0.2) is 21.8 Å². The Balaban J connectivity index is 2.09. The van der Waals surface area contributed by atoms with Gasteiger partial charge in [0.05, 0.1) is 17.8 Å². The quantitative estimate of drug-likeness (QED) is 0.760. The molecular formula is C13H11N3O3. The third-order valence-electron chi connectivity index (χ3n) is 3.11. The summed E-state index contributed by atoms with van der Waals surface area (Å²) in [6, 6.07) is 3.67. The number of anilines is 1. The molecule has 0 fully saturated rings. The van der Waals surface area contributed by atoms with Crippen LogP contribution in [0.2, 0.25) is 0 Å². The molecule has 6 nitrogen and oxygen atoms in total. The van der Waals surface area contributed by atoms with Crippen molar-refractivity contribution < 1.29 is 14.1 Å². The monoisotopic (exact) mass is 257 g/mol. The van der Waals surface area contributed by atoms with Gasteiger partial charge in [0.1, 0.15) is 0 Å². The van der Waals surface area contributed by atoms with E-state index in [1.807, 2.05) is 19.9 Å². The molecular weight excluding hydrogens is 246 g/mol. The van der Waals surface area contributed by atoms with Crippen LogP contribution in [-0.2, 0) is 11.3 Å². The molecule has 0 radical (unpaired) electrons. The van der Waals surface area contributed by atoms with E-state index >= 15 is 0 Å². The van der Waals surface area contributed by atoms with Gasteiger partial charge in [0.2, 0.25) is 6.39 Å². The van der Waals surface area contributed by atoms with Crippen LogP contribution in [0.3, 0.4) is 0 Å². The van der Waals surface area contributed by atoms with Crippen molar-refractivity contribution in [2.75, 3.05) is 4.90 Å². The van der Waals surface area contributed by atoms with Crippen LogP contribution in [0, 0.1) is 13.8 Å². The van der Waals surface area contributed by atoms with Crippen molar-refractivity contribution in [3.8, 4) is 0 Å². The Morgan fingerprint density at radius 2 is 2.05 bits per heavy atom. The van der Waals surface area contributed by atoms with Gasteiger partial charge in [-0.2, -0.15) is 4.98 Å². The highest BCUT2D eigenvalue weighted by molar-refractivity contribution is 6.52. The number of aromatic nitrogens is 2. The summed E-state index contributed by atoms with van der Waals surface area (Å²) < 4.78 is 4.64. The number of aryl methyl sites for hydroxylation is 2. The number of amides is 1. The molecule has 0 bridgehead atoms. The maximum atomic E-state index is 12.0. The summed E-state index contributed by atoms with van der Waals surface area (Å²) in [5.41, 5.74) is 2.94. The van der Waals surface area contributed by atoms with E-state index in [2.05, 4.69) is 14.7 Å². The summed E-state index contributed by atoms with van der Waals surface area (Å²) >= 11 is 0. The van der Waals surface area contributed by atoms with E-state index in [1.54, 1.807) is 6.07 Å². The Hall–Kier alpha value is -2.50. The molecule has 0 N–H and O–H groups in total. The summed E-state index contributed by atoms with van der Waals surface area (Å²) in [6.07, 6.45) is 1.20. The highest BCUT2D eigenvalue weighted by Crippen LogP contribution is 2.34. The van der Waals surface area contributed by atoms with E-state index < -0.39 is 11.7 Å². The minimum atomic E-state index is -0.548. The topological polar surface area (TPSA) is 76.3 Å². The van der Waals surface area contributed by atoms with Crippen LogP contribution in [0.5, 0.6) is 0 Å². The highest BCUT2D eigenvalue weighted by Gasteiger charge is 2.37. The molecule has 0 spiro atoms. The molecule has 6 heteroatoms. The van der Waals surface area contributed by atoms with Crippen LogP contribution >= 0.6 is 0 Å². The largest absolute Gasteiger partial charge is 0.343 e. The number of fused-ring (bicyclic) bond motifs is 1. The van der Waals surface area contributed by atoms with Crippen LogP contribution < -0.4 is 4.90 Å². The molecule has 96 valence electrons. The molecule has 1 aliphatic rings. The van der Waals surface area contributed by atoms with E-state index in [0.717, 1.165) is 11.1 Å². The predicted molar refractivity (Wildman–Crippen MR) is 65.7 cm³/mol. The van der Waals surface area contributed by atoms with E-state index in [9.17, 15) is 9.59 Å². The second-order valence-corrected chi connectivity index (χ2v) is 4.55. The Bertz CT molecular complexity index is 677. The third kappa shape index (κ3) is 1.72. The molecule has 1 aromatic heterocycles. The second kappa shape index (κ2) is 4.01. The third-order valence-corrected chi connectivity index (χ3v) is 3.11. The molecule has 19 heavy (non-hydrogen) atoms. The maximum absolute atomic E-state index is 12.0. The fourth-order valence-electron chi connectivity index (χ4n) is 2.39. The van der Waals surface area contributed by atoms with Gasteiger partial charge in [-0.15, -0.1) is 0 Å². The van der Waals surface area contributed by atoms with Crippen molar-refractivity contribution in [1.29, 1.82) is 0 Å². The standard InChI is InChI=1S/C13H11N3O3/c1-7-3-8(2)11-9(4-7)12(17)13(18)16(11)5-10-14-6-19-15-10/h3-4,6H,5H2,1-2H3. The highest BCUT2D eigenvalue weighted by atomic mass is 16.5. The number of benzene rings is 1. The summed E-state index contributed by atoms with van der Waals surface area (Å²) in [4.78, 5) is 29.3. The second-order valence-electron chi connectivity index (χ2n) is 4.55. The maximum Gasteiger partial charge on any atom is 0.299 e.